The molecule has 27 heteroatoms. The molecule has 0 unspecified atom stereocenters. The third kappa shape index (κ3) is 13.5. The number of rotatable bonds is 12. The van der Waals surface area contributed by atoms with Crippen LogP contribution in [0.3, 0.4) is 0 Å². The van der Waals surface area contributed by atoms with E-state index in [9.17, 15) is 52.4 Å². The van der Waals surface area contributed by atoms with E-state index in [2.05, 4.69) is 25.3 Å². The lowest BCUT2D eigenvalue weighted by molar-refractivity contribution is 0.102. The average Bonchev–Trinajstić information content (AvgIpc) is 3.25. The van der Waals surface area contributed by atoms with Crippen molar-refractivity contribution in [1.29, 1.82) is 0 Å². The Morgan fingerprint density at radius 2 is 1.12 bits per heavy atom. The molecule has 0 bridgehead atoms. The fraction of sp³-hybridized carbons (Fsp3) is 0.436. The lowest BCUT2D eigenvalue weighted by Crippen LogP contribution is -2.42. The Hall–Kier alpha value is -5.61. The summed E-state index contributed by atoms with van der Waals surface area (Å²) in [6.45, 7) is 3.28. The largest absolute Gasteiger partial charge is 0.496 e. The minimum Gasteiger partial charge on any atom is -0.496 e. The Morgan fingerprint density at radius 3 is 1.50 bits per heavy atom. The summed E-state index contributed by atoms with van der Waals surface area (Å²) in [6, 6.07) is 3.99. The van der Waals surface area contributed by atoms with Gasteiger partial charge >= 0.3 is 0 Å². The van der Waals surface area contributed by atoms with Gasteiger partial charge in [0.2, 0.25) is 52.6 Å². The van der Waals surface area contributed by atoms with E-state index in [0.717, 1.165) is 55.8 Å². The van der Waals surface area contributed by atoms with Gasteiger partial charge in [0.05, 0.1) is 43.6 Å². The average molecular weight is 993 g/mol. The van der Waals surface area contributed by atoms with Gasteiger partial charge in [-0.25, -0.2) is 66.4 Å². The van der Waals surface area contributed by atoms with Crippen molar-refractivity contribution in [2.24, 2.45) is 5.73 Å². The summed E-state index contributed by atoms with van der Waals surface area (Å²) in [5.74, 6) is -8.27. The number of carbonyl (C=O) groups excluding carboxylic acids is 2. The van der Waals surface area contributed by atoms with Gasteiger partial charge in [0, 0.05) is 50.7 Å². The van der Waals surface area contributed by atoms with Crippen LogP contribution in [0.1, 0.15) is 71.9 Å². The number of piperidine rings is 2. The molecule has 0 saturated carbocycles. The Balaban J connectivity index is 0.000000286. The van der Waals surface area contributed by atoms with E-state index < -0.39 is 86.8 Å². The van der Waals surface area contributed by atoms with Gasteiger partial charge in [0.25, 0.3) is 0 Å². The topological polar surface area (TPSA) is 303 Å². The second-order valence-electron chi connectivity index (χ2n) is 14.5. The number of anilines is 3. The summed E-state index contributed by atoms with van der Waals surface area (Å²) in [5.41, 5.74) is 15.2. The van der Waals surface area contributed by atoms with Gasteiger partial charge in [-0.1, -0.05) is 14.4 Å². The molecule has 2 aliphatic rings. The van der Waals surface area contributed by atoms with E-state index >= 15 is 0 Å². The summed E-state index contributed by atoms with van der Waals surface area (Å²) in [5, 5.41) is 2.50. The summed E-state index contributed by atoms with van der Waals surface area (Å²) in [6.07, 6.45) is 7.05. The number of nitrogens with two attached hydrogens (primary N) is 3. The highest BCUT2D eigenvalue weighted by Gasteiger charge is 2.29. The molecule has 0 radical (unpaired) electrons. The van der Waals surface area contributed by atoms with Crippen molar-refractivity contribution in [3.63, 3.8) is 0 Å². The van der Waals surface area contributed by atoms with Crippen LogP contribution >= 0.6 is 0 Å². The first-order valence-electron chi connectivity index (χ1n) is 19.4. The third-order valence-corrected chi connectivity index (χ3v) is 14.1. The number of hydrogen-bond donors (Lipinski definition) is 4. The molecule has 2 fully saturated rings. The van der Waals surface area contributed by atoms with Crippen LogP contribution in [0.2, 0.25) is 0 Å². The van der Waals surface area contributed by atoms with Gasteiger partial charge in [-0.05, 0) is 49.9 Å². The van der Waals surface area contributed by atoms with Crippen LogP contribution in [-0.2, 0) is 29.9 Å². The Kier molecular flexibility index (Phi) is 18.8. The number of nitrogens with zero attached hydrogens (tertiary/aromatic N) is 6. The number of sulfone groups is 1. The molecule has 2 aliphatic heterocycles. The van der Waals surface area contributed by atoms with E-state index in [1.807, 2.05) is 0 Å². The van der Waals surface area contributed by atoms with Crippen molar-refractivity contribution < 1.29 is 61.9 Å². The SMILES string of the molecule is C.CCS(=O)(=O)c1ncc(C(=O)c2c(OC)ccc(F)c2F)c(N)n1.COc1ccc(F)c(F)c1C(=O)c1cnc(NC2CCN(S(C)(=O)=O)CC2)nc1N.CS(=O)(=O)N1CCC(N)CC1. The standard InChI is InChI=1S/C18H21F2N5O4S.C14H13F2N3O4S.C6H14N2O2S.CH4/c1-29-13-4-3-12(19)15(20)14(13)16(26)11-9-22-18(24-17(11)21)23-10-5-7-25(8-6-10)30(2,27)28;1-3-24(21,22)14-18-6-7(13(17)19-14)12(20)10-9(23-2)5-4-8(15)11(10)16;1-11(9,10)8-4-2-6(7)3-5-8;/h3-4,9-10H,5-8H2,1-2H3,(H3,21,22,23,24);4-6H,3H2,1-2H3,(H2,17,18,19);6H,2-5,7H2,1H3;1H4. The maximum absolute atomic E-state index is 14.2. The molecule has 0 atom stereocenters. The molecular formula is C39H52F4N10O10S3. The molecule has 2 saturated heterocycles. The molecule has 4 heterocycles. The van der Waals surface area contributed by atoms with Crippen molar-refractivity contribution in [1.82, 2.24) is 28.5 Å². The summed E-state index contributed by atoms with van der Waals surface area (Å²) < 4.78 is 136. The normalized spacial score (nSPS) is 15.2. The Bertz CT molecular complexity index is 2740. The zero-order valence-electron chi connectivity index (χ0n) is 35.7. The van der Waals surface area contributed by atoms with Crippen molar-refractivity contribution in [2.75, 3.05) is 75.4 Å². The number of carbonyl (C=O) groups is 2. The van der Waals surface area contributed by atoms with Gasteiger partial charge in [0.15, 0.2) is 23.3 Å². The van der Waals surface area contributed by atoms with Crippen molar-refractivity contribution in [2.45, 2.75) is 57.3 Å². The van der Waals surface area contributed by atoms with E-state index in [1.54, 1.807) is 0 Å². The predicted molar refractivity (Wildman–Crippen MR) is 237 cm³/mol. The number of halogens is 4. The molecular weight excluding hydrogens is 941 g/mol. The minimum absolute atomic E-state index is 0. The lowest BCUT2D eigenvalue weighted by Gasteiger charge is -2.30. The Morgan fingerprint density at radius 1 is 0.712 bits per heavy atom. The highest BCUT2D eigenvalue weighted by molar-refractivity contribution is 7.91. The fourth-order valence-corrected chi connectivity index (χ4v) is 8.75. The maximum atomic E-state index is 14.2. The molecule has 7 N–H and O–H groups in total. The first-order valence-corrected chi connectivity index (χ1v) is 24.7. The van der Waals surface area contributed by atoms with Gasteiger partial charge in [0.1, 0.15) is 34.3 Å². The highest BCUT2D eigenvalue weighted by Crippen LogP contribution is 2.30. The number of aromatic nitrogens is 4. The number of benzene rings is 2. The number of nitrogens with one attached hydrogen (secondary N) is 1. The molecule has 364 valence electrons. The first-order chi connectivity index (χ1) is 30.3. The molecule has 0 aliphatic carbocycles. The molecule has 2 aromatic carbocycles. The number of nitrogen functional groups attached to an aromatic ring is 2. The number of sulfonamides is 2. The monoisotopic (exact) mass is 992 g/mol. The molecule has 2 aromatic heterocycles. The van der Waals surface area contributed by atoms with Crippen LogP contribution in [0.4, 0.5) is 35.1 Å². The second-order valence-corrected chi connectivity index (χ2v) is 20.6. The molecule has 6 rings (SSSR count). The summed E-state index contributed by atoms with van der Waals surface area (Å²) in [7, 11) is -7.52. The minimum atomic E-state index is -3.73. The van der Waals surface area contributed by atoms with Crippen LogP contribution in [0.5, 0.6) is 11.5 Å². The van der Waals surface area contributed by atoms with Crippen LogP contribution < -0.4 is 32.0 Å². The quantitative estimate of drug-likeness (QED) is 0.0901. The number of hydrogen-bond acceptors (Lipinski definition) is 18. The van der Waals surface area contributed by atoms with Crippen LogP contribution in [0.15, 0.2) is 41.8 Å². The van der Waals surface area contributed by atoms with E-state index in [4.69, 9.17) is 26.7 Å². The first kappa shape index (κ1) is 54.7. The number of methoxy groups -OCH3 is 2. The van der Waals surface area contributed by atoms with Crippen LogP contribution in [-0.4, -0.2) is 136 Å². The zero-order chi connectivity index (χ0) is 48.6. The number of ketones is 2. The van der Waals surface area contributed by atoms with Gasteiger partial charge in [-0.2, -0.15) is 4.98 Å². The second kappa shape index (κ2) is 22.7. The third-order valence-electron chi connectivity index (χ3n) is 9.99. The van der Waals surface area contributed by atoms with Crippen LogP contribution in [0, 0.1) is 23.3 Å². The van der Waals surface area contributed by atoms with E-state index in [0.29, 0.717) is 39.0 Å². The van der Waals surface area contributed by atoms with Crippen molar-refractivity contribution in [3.8, 4) is 11.5 Å². The van der Waals surface area contributed by atoms with Crippen LogP contribution in [0.25, 0.3) is 0 Å². The Labute approximate surface area is 380 Å². The molecule has 20 nitrogen and oxygen atoms in total. The van der Waals surface area contributed by atoms with Crippen molar-refractivity contribution in [3.05, 3.63) is 82.2 Å². The summed E-state index contributed by atoms with van der Waals surface area (Å²) >= 11 is 0. The van der Waals surface area contributed by atoms with Gasteiger partial charge in [-0.3, -0.25) is 9.59 Å². The highest BCUT2D eigenvalue weighted by atomic mass is 32.2. The fourth-order valence-electron chi connectivity index (χ4n) is 6.29. The van der Waals surface area contributed by atoms with E-state index in [1.165, 1.54) is 36.0 Å². The maximum Gasteiger partial charge on any atom is 0.249 e. The van der Waals surface area contributed by atoms with E-state index in [-0.39, 0.29) is 59.7 Å². The zero-order valence-corrected chi connectivity index (χ0v) is 38.2. The molecule has 0 spiro atoms. The molecule has 0 amide bonds. The molecule has 66 heavy (non-hydrogen) atoms. The van der Waals surface area contributed by atoms with Crippen molar-refractivity contribution >= 4 is 59.0 Å². The predicted octanol–water partition coefficient (Wildman–Crippen LogP) is 2.79. The van der Waals surface area contributed by atoms with Gasteiger partial charge < -0.3 is 32.0 Å². The molecule has 4 aromatic rings. The smallest absolute Gasteiger partial charge is 0.249 e. The van der Waals surface area contributed by atoms with Gasteiger partial charge in [-0.15, -0.1) is 0 Å². The summed E-state index contributed by atoms with van der Waals surface area (Å²) in [4.78, 5) is 40.4. The number of ether oxygens (including phenoxy) is 2. The lowest BCUT2D eigenvalue weighted by atomic mass is 10.0.